The van der Waals surface area contributed by atoms with Crippen LogP contribution in [-0.2, 0) is 29.0 Å². The summed E-state index contributed by atoms with van der Waals surface area (Å²) < 4.78 is 75.7. The fourth-order valence-corrected chi connectivity index (χ4v) is 5.38. The number of fused-ring (bicyclic) bond motifs is 1. The fraction of sp³-hybridized carbons (Fsp3) is 0.333. The number of carbonyl (C=O) groups is 2. The molecule has 0 spiro atoms. The van der Waals surface area contributed by atoms with Crippen LogP contribution in [0, 0.1) is 36.0 Å². The van der Waals surface area contributed by atoms with Gasteiger partial charge in [0.15, 0.2) is 23.3 Å². The lowest BCUT2D eigenvalue weighted by molar-refractivity contribution is -0.137. The molecule has 1 heterocycles. The lowest BCUT2D eigenvalue weighted by atomic mass is 9.99. The molecule has 10 heteroatoms. The van der Waals surface area contributed by atoms with Crippen LogP contribution in [-0.4, -0.2) is 28.5 Å². The minimum atomic E-state index is -2.17. The number of carbonyl (C=O) groups excluding carboxylic acids is 1. The SMILES string of the molecule is Cc1c(CCCC=O)c2cccc(-c3ccc(OCCCCc4c(F)c(F)c(F)c(F)c4F)cc3)c2n1CCCC(=O)O. The number of benzene rings is 3. The van der Waals surface area contributed by atoms with Gasteiger partial charge in [0, 0.05) is 41.6 Å². The van der Waals surface area contributed by atoms with Gasteiger partial charge in [0.05, 0.1) is 12.1 Å². The summed E-state index contributed by atoms with van der Waals surface area (Å²) in [6, 6.07) is 13.4. The Hall–Kier alpha value is -4.21. The summed E-state index contributed by atoms with van der Waals surface area (Å²) in [6.45, 7) is 2.73. The molecule has 0 saturated heterocycles. The Bertz CT molecular complexity index is 1590. The zero-order valence-electron chi connectivity index (χ0n) is 23.7. The van der Waals surface area contributed by atoms with E-state index in [4.69, 9.17) is 9.84 Å². The number of ether oxygens (including phenoxy) is 1. The van der Waals surface area contributed by atoms with Crippen LogP contribution in [0.4, 0.5) is 22.0 Å². The topological polar surface area (TPSA) is 68.5 Å². The Kier molecular flexibility index (Phi) is 10.6. The molecule has 228 valence electrons. The summed E-state index contributed by atoms with van der Waals surface area (Å²) in [5.41, 5.74) is 4.23. The normalized spacial score (nSPS) is 11.3. The molecule has 4 aromatic rings. The number of hydrogen-bond donors (Lipinski definition) is 1. The van der Waals surface area contributed by atoms with Crippen molar-refractivity contribution in [1.82, 2.24) is 4.57 Å². The molecule has 0 unspecified atom stereocenters. The minimum absolute atomic E-state index is 0.0509. The molecule has 0 radical (unpaired) electrons. The Labute approximate surface area is 245 Å². The number of nitrogens with zero attached hydrogens (tertiary/aromatic N) is 1. The number of carboxylic acids is 1. The number of hydrogen-bond acceptors (Lipinski definition) is 3. The number of para-hydroxylation sites is 1. The van der Waals surface area contributed by atoms with E-state index in [0.717, 1.165) is 52.4 Å². The second-order valence-corrected chi connectivity index (χ2v) is 10.4. The van der Waals surface area contributed by atoms with Crippen LogP contribution in [0.25, 0.3) is 22.0 Å². The lowest BCUT2D eigenvalue weighted by Crippen LogP contribution is -2.08. The largest absolute Gasteiger partial charge is 0.494 e. The first-order valence-corrected chi connectivity index (χ1v) is 14.1. The van der Waals surface area contributed by atoms with Crippen LogP contribution >= 0.6 is 0 Å². The highest BCUT2D eigenvalue weighted by atomic mass is 19.2. The average Bonchev–Trinajstić information content (AvgIpc) is 3.27. The van der Waals surface area contributed by atoms with Gasteiger partial charge in [0.2, 0.25) is 5.82 Å². The highest BCUT2D eigenvalue weighted by Gasteiger charge is 2.25. The van der Waals surface area contributed by atoms with Crippen LogP contribution < -0.4 is 4.74 Å². The second-order valence-electron chi connectivity index (χ2n) is 10.4. The summed E-state index contributed by atoms with van der Waals surface area (Å²) in [7, 11) is 0. The van der Waals surface area contributed by atoms with Gasteiger partial charge in [-0.2, -0.15) is 0 Å². The van der Waals surface area contributed by atoms with Gasteiger partial charge in [0.25, 0.3) is 0 Å². The predicted molar refractivity (Wildman–Crippen MR) is 153 cm³/mol. The van der Waals surface area contributed by atoms with Crippen LogP contribution in [0.5, 0.6) is 5.75 Å². The first kappa shape index (κ1) is 31.7. The van der Waals surface area contributed by atoms with Gasteiger partial charge >= 0.3 is 5.97 Å². The summed E-state index contributed by atoms with van der Waals surface area (Å²) in [4.78, 5) is 22.1. The van der Waals surface area contributed by atoms with Crippen molar-refractivity contribution in [3.05, 3.63) is 88.4 Å². The monoisotopic (exact) mass is 601 g/mol. The lowest BCUT2D eigenvalue weighted by Gasteiger charge is -2.13. The molecule has 0 amide bonds. The molecule has 0 aliphatic rings. The summed E-state index contributed by atoms with van der Waals surface area (Å²) in [5.74, 6) is -9.98. The quantitative estimate of drug-likeness (QED) is 0.0492. The highest BCUT2D eigenvalue weighted by Crippen LogP contribution is 2.36. The Morgan fingerprint density at radius 1 is 0.837 bits per heavy atom. The standard InChI is InChI=1S/C33H32F5NO4/c1-20-23(8-2-4-18-40)25-11-6-10-24(33(25)39(20)17-7-12-27(41)42)21-13-15-22(16-14-21)43-19-5-3-9-26-28(34)30(36)32(38)31(37)29(26)35/h6,10-11,13-16,18H,2-5,7-9,12,17,19H2,1H3,(H,41,42). The molecule has 0 aliphatic carbocycles. The molecule has 0 atom stereocenters. The number of aryl methyl sites for hydroxylation is 2. The third-order valence-corrected chi connectivity index (χ3v) is 7.55. The second kappa shape index (κ2) is 14.3. The average molecular weight is 602 g/mol. The van der Waals surface area contributed by atoms with Crippen molar-refractivity contribution in [3.8, 4) is 16.9 Å². The van der Waals surface area contributed by atoms with Gasteiger partial charge < -0.3 is 19.2 Å². The highest BCUT2D eigenvalue weighted by molar-refractivity contribution is 5.97. The number of aliphatic carboxylic acids is 1. The Morgan fingerprint density at radius 3 is 2.14 bits per heavy atom. The zero-order valence-corrected chi connectivity index (χ0v) is 23.7. The van der Waals surface area contributed by atoms with E-state index in [1.165, 1.54) is 0 Å². The molecular formula is C33H32F5NO4. The number of halogens is 5. The summed E-state index contributed by atoms with van der Waals surface area (Å²) in [6.07, 6.45) is 3.51. The van der Waals surface area contributed by atoms with E-state index < -0.39 is 40.6 Å². The summed E-state index contributed by atoms with van der Waals surface area (Å²) >= 11 is 0. The van der Waals surface area contributed by atoms with E-state index in [1.807, 2.05) is 37.3 Å². The van der Waals surface area contributed by atoms with Crippen LogP contribution in [0.15, 0.2) is 42.5 Å². The number of aldehydes is 1. The number of unbranched alkanes of at least 4 members (excludes halogenated alkanes) is 2. The van der Waals surface area contributed by atoms with Gasteiger partial charge in [-0.1, -0.05) is 30.3 Å². The smallest absolute Gasteiger partial charge is 0.303 e. The maximum absolute atomic E-state index is 13.9. The number of rotatable bonds is 15. The molecule has 4 rings (SSSR count). The van der Waals surface area contributed by atoms with Crippen molar-refractivity contribution in [2.75, 3.05) is 6.61 Å². The van der Waals surface area contributed by atoms with Gasteiger partial charge in [-0.25, -0.2) is 22.0 Å². The van der Waals surface area contributed by atoms with Crippen molar-refractivity contribution in [2.45, 2.75) is 64.8 Å². The van der Waals surface area contributed by atoms with Crippen LogP contribution in [0.3, 0.4) is 0 Å². The van der Waals surface area contributed by atoms with Gasteiger partial charge in [0.1, 0.15) is 12.0 Å². The van der Waals surface area contributed by atoms with E-state index in [-0.39, 0.29) is 25.9 Å². The van der Waals surface area contributed by atoms with E-state index in [0.29, 0.717) is 31.6 Å². The molecule has 5 nitrogen and oxygen atoms in total. The van der Waals surface area contributed by atoms with E-state index in [9.17, 15) is 31.5 Å². The first-order chi connectivity index (χ1) is 20.6. The van der Waals surface area contributed by atoms with E-state index >= 15 is 0 Å². The molecular weight excluding hydrogens is 569 g/mol. The molecule has 0 bridgehead atoms. The van der Waals surface area contributed by atoms with E-state index in [2.05, 4.69) is 4.57 Å². The number of carboxylic acid groups (broad SMARTS) is 1. The molecule has 0 fully saturated rings. The first-order valence-electron chi connectivity index (χ1n) is 14.1. The maximum atomic E-state index is 13.9. The third-order valence-electron chi connectivity index (χ3n) is 7.55. The Balaban J connectivity index is 1.47. The molecule has 0 aliphatic heterocycles. The minimum Gasteiger partial charge on any atom is -0.494 e. The summed E-state index contributed by atoms with van der Waals surface area (Å²) in [5, 5.41) is 10.2. The van der Waals surface area contributed by atoms with Gasteiger partial charge in [-0.15, -0.1) is 0 Å². The number of aromatic nitrogens is 1. The van der Waals surface area contributed by atoms with Crippen molar-refractivity contribution in [2.24, 2.45) is 0 Å². The van der Waals surface area contributed by atoms with Crippen molar-refractivity contribution in [3.63, 3.8) is 0 Å². The maximum Gasteiger partial charge on any atom is 0.303 e. The molecule has 1 aromatic heterocycles. The van der Waals surface area contributed by atoms with E-state index in [1.54, 1.807) is 12.1 Å². The van der Waals surface area contributed by atoms with Crippen molar-refractivity contribution in [1.29, 1.82) is 0 Å². The van der Waals surface area contributed by atoms with Gasteiger partial charge in [-0.05, 0) is 68.7 Å². The van der Waals surface area contributed by atoms with Crippen LogP contribution in [0.2, 0.25) is 0 Å². The molecule has 3 aromatic carbocycles. The van der Waals surface area contributed by atoms with Crippen molar-refractivity contribution >= 4 is 23.2 Å². The zero-order chi connectivity index (χ0) is 31.1. The van der Waals surface area contributed by atoms with Crippen molar-refractivity contribution < 1.29 is 41.4 Å². The van der Waals surface area contributed by atoms with Gasteiger partial charge in [-0.3, -0.25) is 4.79 Å². The fourth-order valence-electron chi connectivity index (χ4n) is 5.38. The molecule has 43 heavy (non-hydrogen) atoms. The predicted octanol–water partition coefficient (Wildman–Crippen LogP) is 8.10. The Morgan fingerprint density at radius 2 is 1.49 bits per heavy atom. The molecule has 0 saturated carbocycles. The van der Waals surface area contributed by atoms with Crippen LogP contribution in [0.1, 0.15) is 55.3 Å². The molecule has 1 N–H and O–H groups in total. The third kappa shape index (κ3) is 7.06.